The Bertz CT molecular complexity index is 91.0. The average Bonchev–Trinajstić information content (AvgIpc) is 2.07. The Balaban J connectivity index is 0.000000354. The van der Waals surface area contributed by atoms with E-state index in [4.69, 9.17) is 0 Å². The van der Waals surface area contributed by atoms with Gasteiger partial charge in [0, 0.05) is 6.04 Å². The number of hydrogen-bond donors (Lipinski definition) is 0. The molecule has 1 rings (SSSR count). The zero-order chi connectivity index (χ0) is 9.40. The molecule has 1 saturated heterocycles. The summed E-state index contributed by atoms with van der Waals surface area (Å²) in [6.07, 6.45) is 5.52. The van der Waals surface area contributed by atoms with Crippen molar-refractivity contribution in [3.05, 3.63) is 0 Å². The van der Waals surface area contributed by atoms with Gasteiger partial charge in [-0.2, -0.15) is 0 Å². The first kappa shape index (κ1) is 12.0. The predicted molar refractivity (Wildman–Crippen MR) is 56.5 cm³/mol. The predicted octanol–water partition coefficient (Wildman–Crippen LogP) is 3.30. The van der Waals surface area contributed by atoms with E-state index in [1.807, 2.05) is 0 Å². The van der Waals surface area contributed by atoms with E-state index in [9.17, 15) is 0 Å². The standard InChI is InChI=1S/C8H17N.C3H8/c1-3-9-7-5-4-6-8(9)2;1-3-2/h8H,3-7H2,1-2H3;3H2,1-2H3/t8-;/m1./s1. The van der Waals surface area contributed by atoms with Crippen LogP contribution in [0.4, 0.5) is 0 Å². The van der Waals surface area contributed by atoms with Gasteiger partial charge in [0.2, 0.25) is 0 Å². The molecule has 0 saturated carbocycles. The Kier molecular flexibility index (Phi) is 7.58. The maximum absolute atomic E-state index is 2.56. The van der Waals surface area contributed by atoms with Crippen molar-refractivity contribution in [2.45, 2.75) is 59.4 Å². The Morgan fingerprint density at radius 2 is 1.75 bits per heavy atom. The van der Waals surface area contributed by atoms with E-state index in [-0.39, 0.29) is 0 Å². The lowest BCUT2D eigenvalue weighted by atomic mass is 10.0. The number of nitrogens with zero attached hydrogens (tertiary/aromatic N) is 1. The molecule has 1 aliphatic heterocycles. The molecule has 0 amide bonds. The number of likely N-dealkylation sites (tertiary alicyclic amines) is 1. The molecule has 1 fully saturated rings. The van der Waals surface area contributed by atoms with Crippen molar-refractivity contribution in [2.24, 2.45) is 0 Å². The minimum atomic E-state index is 0.851. The highest BCUT2D eigenvalue weighted by atomic mass is 15.1. The molecule has 0 aromatic carbocycles. The normalized spacial score (nSPS) is 24.5. The highest BCUT2D eigenvalue weighted by Gasteiger charge is 2.14. The van der Waals surface area contributed by atoms with Crippen molar-refractivity contribution < 1.29 is 0 Å². The maximum Gasteiger partial charge on any atom is 0.00668 e. The Morgan fingerprint density at radius 1 is 1.17 bits per heavy atom. The monoisotopic (exact) mass is 171 g/mol. The molecule has 1 heteroatoms. The van der Waals surface area contributed by atoms with E-state index >= 15 is 0 Å². The Labute approximate surface area is 78.1 Å². The molecule has 0 aliphatic carbocycles. The van der Waals surface area contributed by atoms with Gasteiger partial charge in [-0.1, -0.05) is 33.6 Å². The van der Waals surface area contributed by atoms with E-state index < -0.39 is 0 Å². The fourth-order valence-corrected chi connectivity index (χ4v) is 1.63. The fraction of sp³-hybridized carbons (Fsp3) is 1.00. The van der Waals surface area contributed by atoms with Gasteiger partial charge in [0.1, 0.15) is 0 Å². The van der Waals surface area contributed by atoms with Gasteiger partial charge >= 0.3 is 0 Å². The third kappa shape index (κ3) is 4.76. The number of piperidine rings is 1. The molecule has 0 N–H and O–H groups in total. The lowest BCUT2D eigenvalue weighted by molar-refractivity contribution is 0.169. The summed E-state index contributed by atoms with van der Waals surface area (Å²) in [6, 6.07) is 0.851. The first-order valence-corrected chi connectivity index (χ1v) is 5.50. The average molecular weight is 171 g/mol. The molecule has 0 radical (unpaired) electrons. The summed E-state index contributed by atoms with van der Waals surface area (Å²) in [6.45, 7) is 11.4. The second kappa shape index (κ2) is 7.60. The van der Waals surface area contributed by atoms with Crippen LogP contribution in [-0.4, -0.2) is 24.0 Å². The van der Waals surface area contributed by atoms with Crippen LogP contribution in [0.5, 0.6) is 0 Å². The lowest BCUT2D eigenvalue weighted by Gasteiger charge is -2.31. The van der Waals surface area contributed by atoms with Crippen molar-refractivity contribution in [3.63, 3.8) is 0 Å². The van der Waals surface area contributed by atoms with Crippen molar-refractivity contribution in [1.29, 1.82) is 0 Å². The third-order valence-corrected chi connectivity index (χ3v) is 2.35. The first-order chi connectivity index (χ1) is 5.76. The van der Waals surface area contributed by atoms with Gasteiger partial charge < -0.3 is 4.90 Å². The van der Waals surface area contributed by atoms with Crippen LogP contribution >= 0.6 is 0 Å². The van der Waals surface area contributed by atoms with Gasteiger partial charge in [-0.3, -0.25) is 0 Å². The summed E-state index contributed by atoms with van der Waals surface area (Å²) in [5, 5.41) is 0. The van der Waals surface area contributed by atoms with Crippen LogP contribution in [-0.2, 0) is 0 Å². The zero-order valence-electron chi connectivity index (χ0n) is 9.27. The Hall–Kier alpha value is -0.0400. The largest absolute Gasteiger partial charge is 0.301 e. The van der Waals surface area contributed by atoms with Gasteiger partial charge in [0.05, 0.1) is 0 Å². The summed E-state index contributed by atoms with van der Waals surface area (Å²) in [5.74, 6) is 0. The van der Waals surface area contributed by atoms with Crippen LogP contribution in [0.25, 0.3) is 0 Å². The molecular formula is C11H25N. The fourth-order valence-electron chi connectivity index (χ4n) is 1.63. The Morgan fingerprint density at radius 3 is 2.08 bits per heavy atom. The maximum atomic E-state index is 2.56. The summed E-state index contributed by atoms with van der Waals surface area (Å²) < 4.78 is 0. The minimum absolute atomic E-state index is 0.851. The quantitative estimate of drug-likeness (QED) is 0.585. The van der Waals surface area contributed by atoms with Gasteiger partial charge in [-0.25, -0.2) is 0 Å². The van der Waals surface area contributed by atoms with Crippen LogP contribution in [0, 0.1) is 0 Å². The van der Waals surface area contributed by atoms with Gasteiger partial charge in [0.25, 0.3) is 0 Å². The van der Waals surface area contributed by atoms with Crippen LogP contribution in [0.2, 0.25) is 0 Å². The molecule has 1 atom stereocenters. The molecule has 0 aromatic heterocycles. The molecule has 1 aliphatic rings. The zero-order valence-corrected chi connectivity index (χ0v) is 9.27. The summed E-state index contributed by atoms with van der Waals surface area (Å²) in [5.41, 5.74) is 0. The van der Waals surface area contributed by atoms with Gasteiger partial charge in [-0.15, -0.1) is 0 Å². The van der Waals surface area contributed by atoms with Gasteiger partial charge in [-0.05, 0) is 32.9 Å². The van der Waals surface area contributed by atoms with Crippen molar-refractivity contribution in [2.75, 3.05) is 13.1 Å². The molecule has 0 spiro atoms. The second-order valence-corrected chi connectivity index (χ2v) is 3.68. The van der Waals surface area contributed by atoms with E-state index in [0.29, 0.717) is 0 Å². The first-order valence-electron chi connectivity index (χ1n) is 5.50. The summed E-state index contributed by atoms with van der Waals surface area (Å²) in [7, 11) is 0. The second-order valence-electron chi connectivity index (χ2n) is 3.68. The third-order valence-electron chi connectivity index (χ3n) is 2.35. The summed E-state index contributed by atoms with van der Waals surface area (Å²) >= 11 is 0. The molecule has 0 bridgehead atoms. The molecule has 0 unspecified atom stereocenters. The number of rotatable bonds is 1. The van der Waals surface area contributed by atoms with E-state index in [2.05, 4.69) is 32.6 Å². The van der Waals surface area contributed by atoms with Crippen LogP contribution < -0.4 is 0 Å². The van der Waals surface area contributed by atoms with E-state index in [1.165, 1.54) is 38.8 Å². The highest BCUT2D eigenvalue weighted by molar-refractivity contribution is 4.70. The molecule has 74 valence electrons. The molecule has 0 aromatic rings. The summed E-state index contributed by atoms with van der Waals surface area (Å²) in [4.78, 5) is 2.56. The van der Waals surface area contributed by atoms with E-state index in [1.54, 1.807) is 0 Å². The van der Waals surface area contributed by atoms with Gasteiger partial charge in [0.15, 0.2) is 0 Å². The SMILES string of the molecule is CCC.CCN1CCCC[C@H]1C. The molecule has 1 heterocycles. The van der Waals surface area contributed by atoms with Crippen LogP contribution in [0.3, 0.4) is 0 Å². The topological polar surface area (TPSA) is 3.24 Å². The smallest absolute Gasteiger partial charge is 0.00668 e. The minimum Gasteiger partial charge on any atom is -0.301 e. The number of hydrogen-bond acceptors (Lipinski definition) is 1. The molecule has 1 nitrogen and oxygen atoms in total. The van der Waals surface area contributed by atoms with Crippen LogP contribution in [0.15, 0.2) is 0 Å². The van der Waals surface area contributed by atoms with Crippen LogP contribution in [0.1, 0.15) is 53.4 Å². The highest BCUT2D eigenvalue weighted by Crippen LogP contribution is 2.14. The van der Waals surface area contributed by atoms with Crippen molar-refractivity contribution in [3.8, 4) is 0 Å². The van der Waals surface area contributed by atoms with E-state index in [0.717, 1.165) is 6.04 Å². The lowest BCUT2D eigenvalue weighted by Crippen LogP contribution is -2.36. The van der Waals surface area contributed by atoms with Crippen molar-refractivity contribution >= 4 is 0 Å². The molecular weight excluding hydrogens is 146 g/mol. The van der Waals surface area contributed by atoms with Crippen molar-refractivity contribution in [1.82, 2.24) is 4.90 Å². The molecule has 12 heavy (non-hydrogen) atoms.